The predicted octanol–water partition coefficient (Wildman–Crippen LogP) is 4.24. The lowest BCUT2D eigenvalue weighted by Crippen LogP contribution is -2.56. The third-order valence-corrected chi connectivity index (χ3v) is 8.27. The number of hydrogen-bond acceptors (Lipinski definition) is 6. The van der Waals surface area contributed by atoms with Gasteiger partial charge in [0.25, 0.3) is 0 Å². The van der Waals surface area contributed by atoms with Crippen LogP contribution >= 0.6 is 0 Å². The van der Waals surface area contributed by atoms with Gasteiger partial charge in [0.05, 0.1) is 26.3 Å². The van der Waals surface area contributed by atoms with Gasteiger partial charge in [-0.05, 0) is 68.9 Å². The summed E-state index contributed by atoms with van der Waals surface area (Å²) in [6.45, 7) is 8.63. The number of likely N-dealkylation sites (N-methyl/N-ethyl adjacent to an activating group) is 1. The summed E-state index contributed by atoms with van der Waals surface area (Å²) in [7, 11) is 3.32. The van der Waals surface area contributed by atoms with Crippen molar-refractivity contribution in [2.75, 3.05) is 39.2 Å². The molecular weight excluding hydrogens is 468 g/mol. The number of piperidine rings is 1. The van der Waals surface area contributed by atoms with Crippen LogP contribution in [0.25, 0.3) is 0 Å². The number of urea groups is 1. The summed E-state index contributed by atoms with van der Waals surface area (Å²) in [5, 5.41) is 14.3. The Morgan fingerprint density at radius 2 is 1.86 bits per heavy atom. The van der Waals surface area contributed by atoms with Crippen LogP contribution < -0.4 is 14.8 Å². The van der Waals surface area contributed by atoms with Gasteiger partial charge in [-0.3, -0.25) is 9.80 Å². The highest BCUT2D eigenvalue weighted by Crippen LogP contribution is 2.47. The molecule has 0 aromatic heterocycles. The van der Waals surface area contributed by atoms with Crippen molar-refractivity contribution in [1.29, 1.82) is 0 Å². The van der Waals surface area contributed by atoms with E-state index in [-0.39, 0.29) is 11.6 Å². The maximum absolute atomic E-state index is 13.7. The average molecular weight is 507 g/mol. The van der Waals surface area contributed by atoms with Crippen molar-refractivity contribution in [2.24, 2.45) is 0 Å². The Kier molecular flexibility index (Phi) is 6.81. The smallest absolute Gasteiger partial charge is 0.325 e. The van der Waals surface area contributed by atoms with Crippen molar-refractivity contribution in [2.45, 2.75) is 58.5 Å². The van der Waals surface area contributed by atoms with Gasteiger partial charge in [-0.25, -0.2) is 4.79 Å². The minimum atomic E-state index is -0.787. The number of fused-ring (bicyclic) bond motifs is 3. The Labute approximate surface area is 219 Å². The van der Waals surface area contributed by atoms with Crippen molar-refractivity contribution >= 4 is 11.7 Å². The molecule has 0 aliphatic carbocycles. The number of carbonyl (C=O) groups excluding carboxylic acids is 1. The summed E-state index contributed by atoms with van der Waals surface area (Å²) in [6.07, 6.45) is 3.65. The zero-order chi connectivity index (χ0) is 26.3. The number of hydrogen-bond donors (Lipinski definition) is 2. The number of anilines is 1. The van der Waals surface area contributed by atoms with Crippen molar-refractivity contribution in [3.63, 3.8) is 0 Å². The number of likely N-dealkylation sites (tertiary alicyclic amines) is 1. The molecule has 0 radical (unpaired) electrons. The molecule has 2 amide bonds. The monoisotopic (exact) mass is 506 g/mol. The predicted molar refractivity (Wildman–Crippen MR) is 144 cm³/mol. The molecular formula is C29H38N4O4. The first kappa shape index (κ1) is 25.4. The van der Waals surface area contributed by atoms with Gasteiger partial charge in [-0.1, -0.05) is 18.2 Å². The zero-order valence-corrected chi connectivity index (χ0v) is 22.5. The van der Waals surface area contributed by atoms with E-state index in [4.69, 9.17) is 9.47 Å². The molecule has 2 aromatic carbocycles. The Morgan fingerprint density at radius 3 is 2.54 bits per heavy atom. The first-order chi connectivity index (χ1) is 17.8. The standard InChI is InChI=1S/C29H38N4O4/c1-6-33-28(35)32-18-21-16-22(36-4)17-25(37-5)23(21)9-10-26(32)29(33)11-13-31(14-12-29)27(34)30-24-15-19(2)7-8-20(24)3/h7-8,10,15-17,27,30,34H,6,9,11-14,18H2,1-5H3. The highest BCUT2D eigenvalue weighted by molar-refractivity contribution is 5.83. The molecule has 0 saturated carbocycles. The second-order valence-corrected chi connectivity index (χ2v) is 10.3. The van der Waals surface area contributed by atoms with Crippen LogP contribution in [0, 0.1) is 13.8 Å². The molecule has 3 aliphatic rings. The number of ether oxygens (including phenoxy) is 2. The van der Waals surface area contributed by atoms with Gasteiger partial charge in [-0.2, -0.15) is 0 Å². The van der Waals surface area contributed by atoms with Gasteiger partial charge in [0.15, 0.2) is 6.35 Å². The summed E-state index contributed by atoms with van der Waals surface area (Å²) in [5.74, 6) is 1.52. The molecule has 0 bridgehead atoms. The summed E-state index contributed by atoms with van der Waals surface area (Å²) in [4.78, 5) is 19.7. The van der Waals surface area contributed by atoms with E-state index in [0.717, 1.165) is 58.0 Å². The van der Waals surface area contributed by atoms with Gasteiger partial charge >= 0.3 is 6.03 Å². The highest BCUT2D eigenvalue weighted by Gasteiger charge is 2.54. The molecule has 8 nitrogen and oxygen atoms in total. The van der Waals surface area contributed by atoms with E-state index in [1.165, 1.54) is 0 Å². The lowest BCUT2D eigenvalue weighted by molar-refractivity contribution is -0.0139. The number of carbonyl (C=O) groups is 1. The minimum Gasteiger partial charge on any atom is -0.497 e. The lowest BCUT2D eigenvalue weighted by atomic mass is 9.83. The molecule has 2 saturated heterocycles. The largest absolute Gasteiger partial charge is 0.497 e. The Morgan fingerprint density at radius 1 is 1.11 bits per heavy atom. The number of allylic oxidation sites excluding steroid dienone is 1. The van der Waals surface area contributed by atoms with Gasteiger partial charge in [0, 0.05) is 42.6 Å². The number of amides is 2. The Bertz CT molecular complexity index is 1220. The zero-order valence-electron chi connectivity index (χ0n) is 22.5. The second kappa shape index (κ2) is 9.91. The summed E-state index contributed by atoms with van der Waals surface area (Å²) in [5.41, 5.74) is 6.04. The summed E-state index contributed by atoms with van der Waals surface area (Å²) < 4.78 is 11.2. The quantitative estimate of drug-likeness (QED) is 0.571. The number of methoxy groups -OCH3 is 2. The van der Waals surface area contributed by atoms with Crippen molar-refractivity contribution in [1.82, 2.24) is 14.7 Å². The fourth-order valence-electron chi connectivity index (χ4n) is 6.22. The van der Waals surface area contributed by atoms with E-state index in [9.17, 15) is 9.90 Å². The fourth-order valence-corrected chi connectivity index (χ4v) is 6.22. The number of rotatable bonds is 6. The van der Waals surface area contributed by atoms with E-state index in [1.54, 1.807) is 14.2 Å². The van der Waals surface area contributed by atoms with Gasteiger partial charge < -0.3 is 24.8 Å². The number of aliphatic hydroxyl groups excluding tert-OH is 1. The molecule has 2 N–H and O–H groups in total. The molecule has 3 heterocycles. The van der Waals surface area contributed by atoms with Gasteiger partial charge in [0.2, 0.25) is 0 Å². The van der Waals surface area contributed by atoms with Gasteiger partial charge in [-0.15, -0.1) is 0 Å². The molecule has 37 heavy (non-hydrogen) atoms. The number of aryl methyl sites for hydroxylation is 2. The Balaban J connectivity index is 1.39. The van der Waals surface area contributed by atoms with Crippen LogP contribution in [0.1, 0.15) is 42.0 Å². The van der Waals surface area contributed by atoms with E-state index in [1.807, 2.05) is 35.8 Å². The number of aliphatic hydroxyl groups is 1. The van der Waals surface area contributed by atoms with E-state index in [0.29, 0.717) is 32.6 Å². The third kappa shape index (κ3) is 4.32. The molecule has 1 atom stereocenters. The molecule has 1 unspecified atom stereocenters. The molecule has 2 aromatic rings. The van der Waals surface area contributed by atoms with Gasteiger partial charge in [0.1, 0.15) is 11.5 Å². The van der Waals surface area contributed by atoms with E-state index < -0.39 is 6.35 Å². The third-order valence-electron chi connectivity index (χ3n) is 8.27. The molecule has 1 spiro atoms. The Hall–Kier alpha value is -3.23. The highest BCUT2D eigenvalue weighted by atomic mass is 16.5. The van der Waals surface area contributed by atoms with E-state index in [2.05, 4.69) is 41.4 Å². The number of benzene rings is 2. The number of nitrogens with zero attached hydrogens (tertiary/aromatic N) is 3. The summed E-state index contributed by atoms with van der Waals surface area (Å²) in [6, 6.07) is 10.2. The van der Waals surface area contributed by atoms with Crippen molar-refractivity contribution < 1.29 is 19.4 Å². The fraction of sp³-hybridized carbons (Fsp3) is 0.483. The minimum absolute atomic E-state index is 0.0471. The molecule has 3 aliphatic heterocycles. The second-order valence-electron chi connectivity index (χ2n) is 10.3. The number of nitrogens with one attached hydrogen (secondary N) is 1. The van der Waals surface area contributed by atoms with Crippen LogP contribution in [0.3, 0.4) is 0 Å². The van der Waals surface area contributed by atoms with Crippen LogP contribution in [0.5, 0.6) is 11.5 Å². The van der Waals surface area contributed by atoms with Crippen LogP contribution in [-0.2, 0) is 13.0 Å². The molecule has 198 valence electrons. The summed E-state index contributed by atoms with van der Waals surface area (Å²) >= 11 is 0. The maximum Gasteiger partial charge on any atom is 0.325 e. The van der Waals surface area contributed by atoms with E-state index >= 15 is 0 Å². The molecule has 8 heteroatoms. The van der Waals surface area contributed by atoms with Crippen molar-refractivity contribution in [3.8, 4) is 11.5 Å². The van der Waals surface area contributed by atoms with Crippen molar-refractivity contribution in [3.05, 3.63) is 64.4 Å². The van der Waals surface area contributed by atoms with Crippen LogP contribution in [-0.4, -0.2) is 71.6 Å². The first-order valence-electron chi connectivity index (χ1n) is 13.1. The SMILES string of the molecule is CCN1C(=O)N2Cc3cc(OC)cc(OC)c3CC=C2C12CCN(C(O)Nc1cc(C)ccc1C)CC2. The maximum atomic E-state index is 13.7. The average Bonchev–Trinajstić information content (AvgIpc) is 3.02. The van der Waals surface area contributed by atoms with Crippen LogP contribution in [0.2, 0.25) is 0 Å². The first-order valence-corrected chi connectivity index (χ1v) is 13.1. The molecule has 5 rings (SSSR count). The van der Waals surface area contributed by atoms with Crippen LogP contribution in [0.15, 0.2) is 42.1 Å². The molecule has 2 fully saturated rings. The van der Waals surface area contributed by atoms with Crippen LogP contribution in [0.4, 0.5) is 10.5 Å². The lowest BCUT2D eigenvalue weighted by Gasteiger charge is -2.45. The topological polar surface area (TPSA) is 77.5 Å². The normalized spacial score (nSPS) is 19.7.